The summed E-state index contributed by atoms with van der Waals surface area (Å²) < 4.78 is 0. The molecule has 0 saturated heterocycles. The van der Waals surface area contributed by atoms with Crippen LogP contribution in [0.1, 0.15) is 49.3 Å². The lowest BCUT2D eigenvalue weighted by molar-refractivity contribution is -0.119. The van der Waals surface area contributed by atoms with E-state index in [1.807, 2.05) is 73.7 Å². The lowest BCUT2D eigenvalue weighted by Gasteiger charge is -2.35. The number of benzene rings is 3. The van der Waals surface area contributed by atoms with Gasteiger partial charge in [-0.05, 0) is 59.9 Å². The molecule has 4 nitrogen and oxygen atoms in total. The molecule has 0 radical (unpaired) electrons. The molecule has 2 aliphatic rings. The third kappa shape index (κ3) is 4.13. The van der Waals surface area contributed by atoms with Crippen LogP contribution >= 0.6 is 23.2 Å². The SMILES string of the molecule is CCC(=O)N1c2ccccc2NC2=C(C(=O)CC(c3ccc(Cl)cc3)C2)C1c1cccc(Cl)c1. The fourth-order valence-corrected chi connectivity index (χ4v) is 5.32. The Hall–Kier alpha value is -3.08. The van der Waals surface area contributed by atoms with Gasteiger partial charge in [0.2, 0.25) is 5.91 Å². The molecule has 1 amide bonds. The van der Waals surface area contributed by atoms with Crippen LogP contribution in [0.15, 0.2) is 84.1 Å². The van der Waals surface area contributed by atoms with Gasteiger partial charge in [0, 0.05) is 34.2 Å². The van der Waals surface area contributed by atoms with Crippen molar-refractivity contribution in [2.75, 3.05) is 10.2 Å². The highest BCUT2D eigenvalue weighted by molar-refractivity contribution is 6.31. The predicted molar refractivity (Wildman–Crippen MR) is 137 cm³/mol. The molecule has 1 N–H and O–H groups in total. The maximum absolute atomic E-state index is 13.8. The van der Waals surface area contributed by atoms with Crippen molar-refractivity contribution in [1.29, 1.82) is 0 Å². The minimum absolute atomic E-state index is 0.0246. The van der Waals surface area contributed by atoms with E-state index in [9.17, 15) is 9.59 Å². The number of rotatable bonds is 3. The molecule has 0 fully saturated rings. The molecule has 172 valence electrons. The van der Waals surface area contributed by atoms with Crippen molar-refractivity contribution in [3.63, 3.8) is 0 Å². The van der Waals surface area contributed by atoms with Gasteiger partial charge in [-0.1, -0.05) is 66.5 Å². The van der Waals surface area contributed by atoms with E-state index in [0.29, 0.717) is 34.9 Å². The minimum atomic E-state index is -0.559. The van der Waals surface area contributed by atoms with Gasteiger partial charge < -0.3 is 5.32 Å². The molecule has 1 heterocycles. The van der Waals surface area contributed by atoms with Crippen molar-refractivity contribution in [3.8, 4) is 0 Å². The van der Waals surface area contributed by atoms with Crippen molar-refractivity contribution in [3.05, 3.63) is 105 Å². The summed E-state index contributed by atoms with van der Waals surface area (Å²) in [5.41, 5.74) is 4.93. The van der Waals surface area contributed by atoms with Crippen LogP contribution in [0.3, 0.4) is 0 Å². The first kappa shape index (κ1) is 22.7. The number of hydrogen-bond acceptors (Lipinski definition) is 3. The van der Waals surface area contributed by atoms with Crippen LogP contribution in [-0.4, -0.2) is 11.7 Å². The molecule has 0 aromatic heterocycles. The number of fused-ring (bicyclic) bond motifs is 1. The summed E-state index contributed by atoms with van der Waals surface area (Å²) in [5.74, 6) is -0.00222. The third-order valence-corrected chi connectivity index (χ3v) is 7.05. The van der Waals surface area contributed by atoms with Gasteiger partial charge in [0.25, 0.3) is 0 Å². The highest BCUT2D eigenvalue weighted by Gasteiger charge is 2.41. The van der Waals surface area contributed by atoms with Crippen LogP contribution in [0, 0.1) is 0 Å². The van der Waals surface area contributed by atoms with Crippen molar-refractivity contribution in [2.45, 2.75) is 38.1 Å². The number of allylic oxidation sites excluding steroid dienone is 1. The zero-order valence-corrected chi connectivity index (χ0v) is 20.2. The zero-order valence-electron chi connectivity index (χ0n) is 18.7. The molecule has 0 saturated carbocycles. The number of hydrogen-bond donors (Lipinski definition) is 1. The highest BCUT2D eigenvalue weighted by Crippen LogP contribution is 2.47. The van der Waals surface area contributed by atoms with Crippen LogP contribution in [0.4, 0.5) is 11.4 Å². The van der Waals surface area contributed by atoms with E-state index >= 15 is 0 Å². The monoisotopic (exact) mass is 490 g/mol. The first-order chi connectivity index (χ1) is 16.5. The second-order valence-electron chi connectivity index (χ2n) is 8.69. The average Bonchev–Trinajstić information content (AvgIpc) is 2.98. The smallest absolute Gasteiger partial charge is 0.227 e. The molecule has 34 heavy (non-hydrogen) atoms. The minimum Gasteiger partial charge on any atom is -0.357 e. The van der Waals surface area contributed by atoms with Crippen LogP contribution in [-0.2, 0) is 9.59 Å². The number of para-hydroxylation sites is 2. The molecule has 6 heteroatoms. The lowest BCUT2D eigenvalue weighted by atomic mass is 9.78. The van der Waals surface area contributed by atoms with Crippen molar-refractivity contribution in [1.82, 2.24) is 0 Å². The number of ketones is 1. The molecule has 0 bridgehead atoms. The van der Waals surface area contributed by atoms with E-state index in [0.717, 1.165) is 28.2 Å². The van der Waals surface area contributed by atoms with Crippen LogP contribution in [0.5, 0.6) is 0 Å². The summed E-state index contributed by atoms with van der Waals surface area (Å²) in [6.07, 6.45) is 1.33. The third-order valence-electron chi connectivity index (χ3n) is 6.57. The van der Waals surface area contributed by atoms with Gasteiger partial charge in [-0.15, -0.1) is 0 Å². The van der Waals surface area contributed by atoms with Crippen molar-refractivity contribution < 1.29 is 9.59 Å². The summed E-state index contributed by atoms with van der Waals surface area (Å²) in [4.78, 5) is 28.9. The fraction of sp³-hybridized carbons (Fsp3) is 0.214. The standard InChI is InChI=1S/C28H24Cl2N2O2/c1-2-26(34)32-24-9-4-3-8-22(24)31-23-15-19(17-10-12-20(29)13-11-17)16-25(33)27(23)28(32)18-6-5-7-21(30)14-18/h3-14,19,28,31H,2,15-16H2,1H3. The summed E-state index contributed by atoms with van der Waals surface area (Å²) in [6, 6.07) is 22.3. The number of anilines is 2. The second-order valence-corrected chi connectivity index (χ2v) is 9.56. The first-order valence-corrected chi connectivity index (χ1v) is 12.2. The van der Waals surface area contributed by atoms with E-state index in [2.05, 4.69) is 5.32 Å². The van der Waals surface area contributed by atoms with Crippen LogP contribution in [0.25, 0.3) is 0 Å². The van der Waals surface area contributed by atoms with Gasteiger partial charge in [-0.2, -0.15) is 0 Å². The number of amides is 1. The Labute approximate surface area is 209 Å². The largest absolute Gasteiger partial charge is 0.357 e. The summed E-state index contributed by atoms with van der Waals surface area (Å²) >= 11 is 12.5. The Morgan fingerprint density at radius 2 is 1.71 bits per heavy atom. The first-order valence-electron chi connectivity index (χ1n) is 11.4. The molecule has 1 aliphatic carbocycles. The van der Waals surface area contributed by atoms with E-state index in [1.165, 1.54) is 0 Å². The molecule has 1 aliphatic heterocycles. The van der Waals surface area contributed by atoms with Gasteiger partial charge in [-0.25, -0.2) is 0 Å². The van der Waals surface area contributed by atoms with Gasteiger partial charge in [0.1, 0.15) is 0 Å². The Morgan fingerprint density at radius 3 is 2.44 bits per heavy atom. The predicted octanol–water partition coefficient (Wildman–Crippen LogP) is 7.30. The normalized spacial score (nSPS) is 19.7. The maximum atomic E-state index is 13.8. The molecular formula is C28H24Cl2N2O2. The van der Waals surface area contributed by atoms with E-state index in [4.69, 9.17) is 23.2 Å². The topological polar surface area (TPSA) is 49.4 Å². The quantitative estimate of drug-likeness (QED) is 0.418. The second kappa shape index (κ2) is 9.28. The Kier molecular flexibility index (Phi) is 6.20. The Balaban J connectivity index is 1.70. The summed E-state index contributed by atoms with van der Waals surface area (Å²) in [7, 11) is 0. The number of nitrogens with one attached hydrogen (secondary N) is 1. The molecule has 2 unspecified atom stereocenters. The van der Waals surface area contributed by atoms with Crippen LogP contribution < -0.4 is 10.2 Å². The summed E-state index contributed by atoms with van der Waals surface area (Å²) in [6.45, 7) is 1.84. The van der Waals surface area contributed by atoms with Crippen molar-refractivity contribution in [2.24, 2.45) is 0 Å². The molecular weight excluding hydrogens is 467 g/mol. The fourth-order valence-electron chi connectivity index (χ4n) is 5.00. The zero-order chi connectivity index (χ0) is 23.8. The molecule has 3 aromatic carbocycles. The lowest BCUT2D eigenvalue weighted by Crippen LogP contribution is -2.38. The van der Waals surface area contributed by atoms with Gasteiger partial charge in [0.05, 0.1) is 17.4 Å². The Bertz CT molecular complexity index is 1300. The number of nitrogens with zero attached hydrogens (tertiary/aromatic N) is 1. The number of carbonyl (C=O) groups is 2. The average molecular weight is 491 g/mol. The van der Waals surface area contributed by atoms with E-state index < -0.39 is 6.04 Å². The number of halogens is 2. The number of Topliss-reactive ketones (excluding diaryl/α,β-unsaturated/α-hetero) is 1. The summed E-state index contributed by atoms with van der Waals surface area (Å²) in [5, 5.41) is 4.77. The van der Waals surface area contributed by atoms with Gasteiger partial charge in [-0.3, -0.25) is 14.5 Å². The highest BCUT2D eigenvalue weighted by atomic mass is 35.5. The maximum Gasteiger partial charge on any atom is 0.227 e. The van der Waals surface area contributed by atoms with E-state index in [-0.39, 0.29) is 17.6 Å². The number of carbonyl (C=O) groups excluding carboxylic acids is 2. The Morgan fingerprint density at radius 1 is 0.941 bits per heavy atom. The van der Waals surface area contributed by atoms with Gasteiger partial charge in [0.15, 0.2) is 5.78 Å². The molecule has 5 rings (SSSR count). The molecule has 2 atom stereocenters. The van der Waals surface area contributed by atoms with Gasteiger partial charge >= 0.3 is 0 Å². The molecule has 3 aromatic rings. The van der Waals surface area contributed by atoms with Crippen LogP contribution in [0.2, 0.25) is 10.0 Å². The van der Waals surface area contributed by atoms with Crippen molar-refractivity contribution >= 4 is 46.3 Å². The van der Waals surface area contributed by atoms with E-state index in [1.54, 1.807) is 11.0 Å². The molecule has 0 spiro atoms.